The number of ketones is 2. The number of carbonyl (C=O) groups excluding carboxylic acids is 2. The lowest BCUT2D eigenvalue weighted by Crippen LogP contribution is -2.51. The maximum Gasteiger partial charge on any atom is 0.167 e. The third kappa shape index (κ3) is 3.58. The summed E-state index contributed by atoms with van der Waals surface area (Å²) in [6.45, 7) is 0. The Morgan fingerprint density at radius 3 is 1.00 bits per heavy atom. The smallest absolute Gasteiger partial charge is 0.167 e. The first-order valence-electron chi connectivity index (χ1n) is 11.0. The highest BCUT2D eigenvalue weighted by atomic mass is 16.1. The summed E-state index contributed by atoms with van der Waals surface area (Å²) in [6, 6.07) is 39.1. The third-order valence-corrected chi connectivity index (χ3v) is 6.64. The molecule has 1 aliphatic carbocycles. The Morgan fingerprint density at radius 2 is 0.688 bits per heavy atom. The molecule has 0 amide bonds. The van der Waals surface area contributed by atoms with Crippen molar-refractivity contribution in [2.45, 2.75) is 11.8 Å². The Hall–Kier alpha value is -3.78. The first-order chi connectivity index (χ1) is 15.8. The van der Waals surface area contributed by atoms with Gasteiger partial charge in [-0.15, -0.1) is 0 Å². The van der Waals surface area contributed by atoms with E-state index in [1.807, 2.05) is 97.1 Å². The van der Waals surface area contributed by atoms with E-state index >= 15 is 0 Å². The third-order valence-electron chi connectivity index (χ3n) is 6.64. The summed E-state index contributed by atoms with van der Waals surface area (Å²) in [4.78, 5) is 27.6. The first-order valence-corrected chi connectivity index (χ1v) is 11.0. The average molecular weight is 417 g/mol. The molecule has 1 fully saturated rings. The van der Waals surface area contributed by atoms with Gasteiger partial charge in [-0.3, -0.25) is 9.59 Å². The second-order valence-electron chi connectivity index (χ2n) is 8.39. The number of hydrogen-bond donors (Lipinski definition) is 0. The highest BCUT2D eigenvalue weighted by Crippen LogP contribution is 2.59. The number of Topliss-reactive ketones (excluding diaryl/α,β-unsaturated/α-hetero) is 2. The molecule has 2 nitrogen and oxygen atoms in total. The molecule has 1 saturated carbocycles. The van der Waals surface area contributed by atoms with Crippen LogP contribution in [0.5, 0.6) is 0 Å². The Labute approximate surface area is 188 Å². The van der Waals surface area contributed by atoms with Gasteiger partial charge in [-0.1, -0.05) is 121 Å². The minimum Gasteiger partial charge on any atom is -0.294 e. The average Bonchev–Trinajstić information content (AvgIpc) is 2.86. The van der Waals surface area contributed by atoms with Crippen molar-refractivity contribution >= 4 is 11.6 Å². The van der Waals surface area contributed by atoms with Crippen LogP contribution < -0.4 is 0 Å². The van der Waals surface area contributed by atoms with Crippen LogP contribution >= 0.6 is 0 Å². The molecule has 0 spiro atoms. The molecule has 2 heteroatoms. The summed E-state index contributed by atoms with van der Waals surface area (Å²) >= 11 is 0. The standard InChI is InChI=1S/C30H24O2/c31-29(23-17-9-3-10-18-23)27-25(21-13-5-1-6-14-21)26(22-15-7-2-8-16-22)28(27)30(32)24-19-11-4-12-20-24/h1-20,25-28H/t25-,26-,27+,28+/m1/s1. The zero-order chi connectivity index (χ0) is 21.9. The van der Waals surface area contributed by atoms with Gasteiger partial charge in [0.1, 0.15) is 0 Å². The predicted molar refractivity (Wildman–Crippen MR) is 127 cm³/mol. The van der Waals surface area contributed by atoms with Crippen molar-refractivity contribution in [1.29, 1.82) is 0 Å². The molecule has 0 heterocycles. The molecule has 0 N–H and O–H groups in total. The molecule has 5 rings (SSSR count). The van der Waals surface area contributed by atoms with E-state index in [1.165, 1.54) is 0 Å². The molecule has 0 saturated heterocycles. The number of benzene rings is 4. The summed E-state index contributed by atoms with van der Waals surface area (Å²) in [5.41, 5.74) is 3.53. The fraction of sp³-hybridized carbons (Fsp3) is 0.133. The van der Waals surface area contributed by atoms with Crippen LogP contribution in [0.25, 0.3) is 0 Å². The normalized spacial score (nSPS) is 22.0. The number of hydrogen-bond acceptors (Lipinski definition) is 2. The Morgan fingerprint density at radius 1 is 0.406 bits per heavy atom. The van der Waals surface area contributed by atoms with Crippen LogP contribution in [0, 0.1) is 11.8 Å². The van der Waals surface area contributed by atoms with Gasteiger partial charge in [0.25, 0.3) is 0 Å². The zero-order valence-electron chi connectivity index (χ0n) is 17.7. The monoisotopic (exact) mass is 416 g/mol. The highest BCUT2D eigenvalue weighted by molar-refractivity contribution is 6.07. The quantitative estimate of drug-likeness (QED) is 0.333. The van der Waals surface area contributed by atoms with Crippen LogP contribution in [-0.4, -0.2) is 11.6 Å². The summed E-state index contributed by atoms with van der Waals surface area (Å²) in [6.07, 6.45) is 0. The van der Waals surface area contributed by atoms with E-state index in [9.17, 15) is 9.59 Å². The molecule has 0 unspecified atom stereocenters. The maximum absolute atomic E-state index is 13.8. The molecule has 1 aliphatic rings. The number of carbonyl (C=O) groups is 2. The zero-order valence-corrected chi connectivity index (χ0v) is 17.7. The summed E-state index contributed by atoms with van der Waals surface area (Å²) in [5.74, 6) is -0.829. The van der Waals surface area contributed by atoms with Crippen molar-refractivity contribution in [3.63, 3.8) is 0 Å². The van der Waals surface area contributed by atoms with Gasteiger partial charge in [0.15, 0.2) is 11.6 Å². The lowest BCUT2D eigenvalue weighted by atomic mass is 9.49. The van der Waals surface area contributed by atoms with E-state index in [0.717, 1.165) is 11.1 Å². The second-order valence-corrected chi connectivity index (χ2v) is 8.39. The molecule has 0 aromatic heterocycles. The van der Waals surface area contributed by atoms with Gasteiger partial charge < -0.3 is 0 Å². The molecule has 156 valence electrons. The molecule has 0 radical (unpaired) electrons. The molecular weight excluding hydrogens is 392 g/mol. The van der Waals surface area contributed by atoms with Gasteiger partial charge >= 0.3 is 0 Å². The summed E-state index contributed by atoms with van der Waals surface area (Å²) < 4.78 is 0. The van der Waals surface area contributed by atoms with E-state index in [-0.39, 0.29) is 23.4 Å². The van der Waals surface area contributed by atoms with Crippen molar-refractivity contribution in [3.8, 4) is 0 Å². The van der Waals surface area contributed by atoms with Crippen LogP contribution in [0.3, 0.4) is 0 Å². The van der Waals surface area contributed by atoms with Crippen LogP contribution in [0.1, 0.15) is 43.7 Å². The number of rotatable bonds is 6. The molecule has 0 aliphatic heterocycles. The van der Waals surface area contributed by atoms with Gasteiger partial charge in [0.05, 0.1) is 0 Å². The Kier molecular flexibility index (Phi) is 5.51. The van der Waals surface area contributed by atoms with E-state index in [1.54, 1.807) is 0 Å². The van der Waals surface area contributed by atoms with Gasteiger partial charge in [-0.2, -0.15) is 0 Å². The predicted octanol–water partition coefficient (Wildman–Crippen LogP) is 6.57. The summed E-state index contributed by atoms with van der Waals surface area (Å²) in [5, 5.41) is 0. The van der Waals surface area contributed by atoms with Crippen molar-refractivity contribution in [1.82, 2.24) is 0 Å². The SMILES string of the molecule is O=C(c1ccccc1)[C@@H]1[C@@H](C(=O)c2ccccc2)[C@H](c2ccccc2)[C@H]1c1ccccc1. The molecule has 4 aromatic carbocycles. The van der Waals surface area contributed by atoms with Crippen LogP contribution in [0.15, 0.2) is 121 Å². The fourth-order valence-corrected chi connectivity index (χ4v) is 5.17. The van der Waals surface area contributed by atoms with Crippen molar-refractivity contribution in [2.24, 2.45) is 11.8 Å². The van der Waals surface area contributed by atoms with E-state index in [2.05, 4.69) is 24.3 Å². The molecular formula is C30H24O2. The Balaban J connectivity index is 1.64. The van der Waals surface area contributed by atoms with Crippen molar-refractivity contribution in [3.05, 3.63) is 144 Å². The van der Waals surface area contributed by atoms with E-state index in [4.69, 9.17) is 0 Å². The largest absolute Gasteiger partial charge is 0.294 e. The minimum atomic E-state index is -0.405. The first kappa shape index (κ1) is 20.1. The topological polar surface area (TPSA) is 34.1 Å². The van der Waals surface area contributed by atoms with Crippen LogP contribution in [0.2, 0.25) is 0 Å². The second kappa shape index (κ2) is 8.76. The fourth-order valence-electron chi connectivity index (χ4n) is 5.17. The summed E-state index contributed by atoms with van der Waals surface area (Å²) in [7, 11) is 0. The van der Waals surface area contributed by atoms with E-state index < -0.39 is 11.8 Å². The van der Waals surface area contributed by atoms with Gasteiger partial charge in [-0.25, -0.2) is 0 Å². The van der Waals surface area contributed by atoms with Gasteiger partial charge in [0, 0.05) is 34.8 Å². The van der Waals surface area contributed by atoms with Crippen molar-refractivity contribution in [2.75, 3.05) is 0 Å². The van der Waals surface area contributed by atoms with Gasteiger partial charge in [-0.05, 0) is 11.1 Å². The molecule has 32 heavy (non-hydrogen) atoms. The van der Waals surface area contributed by atoms with Crippen LogP contribution in [0.4, 0.5) is 0 Å². The molecule has 4 aromatic rings. The highest BCUT2D eigenvalue weighted by Gasteiger charge is 2.57. The lowest BCUT2D eigenvalue weighted by Gasteiger charge is -2.51. The lowest BCUT2D eigenvalue weighted by molar-refractivity contribution is 0.0456. The van der Waals surface area contributed by atoms with Crippen molar-refractivity contribution < 1.29 is 9.59 Å². The van der Waals surface area contributed by atoms with Crippen LogP contribution in [-0.2, 0) is 0 Å². The Bertz CT molecular complexity index is 1100. The molecule has 4 atom stereocenters. The van der Waals surface area contributed by atoms with Gasteiger partial charge in [0.2, 0.25) is 0 Å². The molecule has 0 bridgehead atoms. The minimum absolute atomic E-state index is 0.0425. The van der Waals surface area contributed by atoms with E-state index in [0.29, 0.717) is 11.1 Å². The maximum atomic E-state index is 13.8.